The summed E-state index contributed by atoms with van der Waals surface area (Å²) in [6, 6.07) is 0. The van der Waals surface area contributed by atoms with Crippen molar-refractivity contribution in [3.63, 3.8) is 0 Å². The van der Waals surface area contributed by atoms with Crippen molar-refractivity contribution in [2.45, 2.75) is 50.7 Å². The van der Waals surface area contributed by atoms with Gasteiger partial charge in [-0.05, 0) is 31.3 Å². The van der Waals surface area contributed by atoms with Crippen LogP contribution in [0.1, 0.15) is 38.5 Å². The summed E-state index contributed by atoms with van der Waals surface area (Å²) in [4.78, 5) is 5.49. The predicted octanol–water partition coefficient (Wildman–Crippen LogP) is 3.08. The molecule has 0 aromatic rings. The van der Waals surface area contributed by atoms with Crippen LogP contribution in [0.4, 0.5) is 0 Å². The van der Waals surface area contributed by atoms with Gasteiger partial charge >= 0.3 is 0 Å². The zero-order valence-electron chi connectivity index (χ0n) is 12.3. The molecule has 4 aliphatic rings. The van der Waals surface area contributed by atoms with E-state index < -0.39 is 0 Å². The highest BCUT2D eigenvalue weighted by Crippen LogP contribution is 2.62. The van der Waals surface area contributed by atoms with E-state index in [4.69, 9.17) is 9.57 Å². The van der Waals surface area contributed by atoms with E-state index in [1.54, 1.807) is 7.11 Å². The zero-order valence-corrected chi connectivity index (χ0v) is 13.9. The number of nitrogens with zero attached hydrogens (tertiary/aromatic N) is 1. The lowest BCUT2D eigenvalue weighted by atomic mass is 9.63. The molecule has 0 saturated heterocycles. The fraction of sp³-hybridized carbons (Fsp3) is 0.750. The van der Waals surface area contributed by atoms with Crippen molar-refractivity contribution in [1.29, 1.82) is 0 Å². The summed E-state index contributed by atoms with van der Waals surface area (Å²) < 4.78 is 7.51. The molecule has 2 heterocycles. The molecule has 1 fully saturated rings. The molecule has 2 aliphatic heterocycles. The summed E-state index contributed by atoms with van der Waals surface area (Å²) in [5, 5.41) is 12.1. The van der Waals surface area contributed by atoms with Crippen LogP contribution in [0.2, 0.25) is 0 Å². The van der Waals surface area contributed by atoms with Crippen molar-refractivity contribution in [1.82, 2.24) is 5.06 Å². The largest absolute Gasteiger partial charge is 0.493 e. The molecular weight excluding hydrogens is 334 g/mol. The molecule has 21 heavy (non-hydrogen) atoms. The summed E-state index contributed by atoms with van der Waals surface area (Å²) in [5.74, 6) is 1.38. The van der Waals surface area contributed by atoms with Gasteiger partial charge in [-0.25, -0.2) is 0 Å². The van der Waals surface area contributed by atoms with E-state index in [9.17, 15) is 5.11 Å². The Labute approximate surface area is 133 Å². The summed E-state index contributed by atoms with van der Waals surface area (Å²) >= 11 is 3.85. The Morgan fingerprint density at radius 3 is 3.14 bits per heavy atom. The highest BCUT2D eigenvalue weighted by atomic mass is 79.9. The van der Waals surface area contributed by atoms with Gasteiger partial charge in [0.15, 0.2) is 0 Å². The van der Waals surface area contributed by atoms with Crippen molar-refractivity contribution < 1.29 is 14.7 Å². The lowest BCUT2D eigenvalue weighted by Crippen LogP contribution is -2.39. The standard InChI is InChI=1S/C16H22BrNO3/c1-20-18-8-10-6-11(19)7-12-15(10)16(13(17)9-18)5-3-2-4-14(16)21-12/h9-11,14,19H,2-8H2,1H3/t10?,11-,14?,16?/m1/s1. The second kappa shape index (κ2) is 5.00. The Kier molecular flexibility index (Phi) is 3.36. The second-order valence-corrected chi connectivity index (χ2v) is 7.56. The minimum Gasteiger partial charge on any atom is -0.493 e. The Bertz CT molecular complexity index is 518. The number of hydroxylamine groups is 2. The molecule has 4 nitrogen and oxygen atoms in total. The summed E-state index contributed by atoms with van der Waals surface area (Å²) in [5.41, 5.74) is 1.44. The average Bonchev–Trinajstić information content (AvgIpc) is 2.75. The van der Waals surface area contributed by atoms with Crippen LogP contribution in [0.15, 0.2) is 22.0 Å². The highest BCUT2D eigenvalue weighted by molar-refractivity contribution is 9.11. The third-order valence-electron chi connectivity index (χ3n) is 5.61. The average molecular weight is 356 g/mol. The number of hydrogen-bond acceptors (Lipinski definition) is 4. The molecule has 0 aromatic carbocycles. The molecule has 0 bridgehead atoms. The fourth-order valence-corrected chi connectivity index (χ4v) is 5.69. The normalized spacial score (nSPS) is 42.0. The molecular formula is C16H22BrNO3. The maximum Gasteiger partial charge on any atom is 0.112 e. The summed E-state index contributed by atoms with van der Waals surface area (Å²) in [6.45, 7) is 0.791. The highest BCUT2D eigenvalue weighted by Gasteiger charge is 2.57. The first-order chi connectivity index (χ1) is 10.1. The van der Waals surface area contributed by atoms with Gasteiger partial charge < -0.3 is 9.84 Å². The van der Waals surface area contributed by atoms with E-state index in [0.29, 0.717) is 12.3 Å². The zero-order chi connectivity index (χ0) is 14.6. The molecule has 5 heteroatoms. The van der Waals surface area contributed by atoms with Gasteiger partial charge in [0, 0.05) is 23.0 Å². The van der Waals surface area contributed by atoms with Gasteiger partial charge in [-0.15, -0.1) is 0 Å². The van der Waals surface area contributed by atoms with Gasteiger partial charge in [0.2, 0.25) is 0 Å². The van der Waals surface area contributed by atoms with Crippen molar-refractivity contribution >= 4 is 15.9 Å². The van der Waals surface area contributed by atoms with Crippen LogP contribution in [-0.2, 0) is 9.57 Å². The molecule has 1 spiro atoms. The van der Waals surface area contributed by atoms with Gasteiger partial charge in [-0.2, -0.15) is 0 Å². The van der Waals surface area contributed by atoms with E-state index >= 15 is 0 Å². The van der Waals surface area contributed by atoms with E-state index in [-0.39, 0.29) is 17.6 Å². The molecule has 0 radical (unpaired) electrons. The first-order valence-corrected chi connectivity index (χ1v) is 8.71. The van der Waals surface area contributed by atoms with Crippen LogP contribution in [0, 0.1) is 11.3 Å². The van der Waals surface area contributed by atoms with Crippen molar-refractivity contribution in [3.8, 4) is 0 Å². The lowest BCUT2D eigenvalue weighted by Gasteiger charge is -2.41. The van der Waals surface area contributed by atoms with Crippen LogP contribution in [0.25, 0.3) is 0 Å². The minimum absolute atomic E-state index is 0.00826. The predicted molar refractivity (Wildman–Crippen MR) is 82.3 cm³/mol. The molecule has 4 atom stereocenters. The van der Waals surface area contributed by atoms with Gasteiger partial charge in [-0.1, -0.05) is 22.4 Å². The van der Waals surface area contributed by atoms with Crippen LogP contribution in [0.3, 0.4) is 0 Å². The monoisotopic (exact) mass is 355 g/mol. The third-order valence-corrected chi connectivity index (χ3v) is 6.52. The Balaban J connectivity index is 1.86. The lowest BCUT2D eigenvalue weighted by molar-refractivity contribution is -0.0968. The number of aliphatic hydroxyl groups excluding tert-OH is 1. The molecule has 2 aliphatic carbocycles. The number of aliphatic hydroxyl groups is 1. The smallest absolute Gasteiger partial charge is 0.112 e. The van der Waals surface area contributed by atoms with Crippen LogP contribution < -0.4 is 0 Å². The van der Waals surface area contributed by atoms with Crippen molar-refractivity contribution in [2.24, 2.45) is 11.3 Å². The maximum atomic E-state index is 10.2. The number of hydrogen-bond donors (Lipinski definition) is 1. The fourth-order valence-electron chi connectivity index (χ4n) is 4.79. The number of halogens is 1. The topological polar surface area (TPSA) is 41.9 Å². The second-order valence-electron chi connectivity index (χ2n) is 6.71. The quantitative estimate of drug-likeness (QED) is 0.784. The molecule has 1 saturated carbocycles. The third kappa shape index (κ3) is 1.93. The number of rotatable bonds is 1. The first-order valence-electron chi connectivity index (χ1n) is 7.92. The Morgan fingerprint density at radius 1 is 1.48 bits per heavy atom. The summed E-state index contributed by atoms with van der Waals surface area (Å²) in [7, 11) is 1.71. The number of ether oxygens (including phenoxy) is 1. The van der Waals surface area contributed by atoms with Crippen LogP contribution in [-0.4, -0.2) is 36.0 Å². The van der Waals surface area contributed by atoms with Crippen LogP contribution in [0.5, 0.6) is 0 Å². The van der Waals surface area contributed by atoms with E-state index in [1.807, 2.05) is 5.06 Å². The van der Waals surface area contributed by atoms with E-state index in [2.05, 4.69) is 22.1 Å². The molecule has 116 valence electrons. The molecule has 4 rings (SSSR count). The van der Waals surface area contributed by atoms with Gasteiger partial charge in [0.1, 0.15) is 6.10 Å². The molecule has 0 amide bonds. The van der Waals surface area contributed by atoms with Gasteiger partial charge in [-0.3, -0.25) is 9.90 Å². The molecule has 0 aromatic heterocycles. The summed E-state index contributed by atoms with van der Waals surface area (Å²) in [6.07, 6.45) is 8.22. The SMILES string of the molecule is CON1C=C(Br)C23CCCCC2OC2=C3C(C[C@@H](O)C2)C1. The van der Waals surface area contributed by atoms with E-state index in [0.717, 1.165) is 31.6 Å². The maximum absolute atomic E-state index is 10.2. The molecule has 3 unspecified atom stereocenters. The van der Waals surface area contributed by atoms with E-state index in [1.165, 1.54) is 22.9 Å². The van der Waals surface area contributed by atoms with Crippen molar-refractivity contribution in [2.75, 3.05) is 13.7 Å². The molecule has 1 N–H and O–H groups in total. The Hall–Kier alpha value is -0.520. The minimum atomic E-state index is -0.290. The first kappa shape index (κ1) is 14.1. The van der Waals surface area contributed by atoms with Gasteiger partial charge in [0.25, 0.3) is 0 Å². The van der Waals surface area contributed by atoms with Crippen molar-refractivity contribution in [3.05, 3.63) is 22.0 Å². The van der Waals surface area contributed by atoms with Crippen LogP contribution >= 0.6 is 15.9 Å². The Morgan fingerprint density at radius 2 is 2.33 bits per heavy atom. The van der Waals surface area contributed by atoms with Gasteiger partial charge in [0.05, 0.1) is 30.9 Å².